The van der Waals surface area contributed by atoms with E-state index in [4.69, 9.17) is 0 Å². The highest BCUT2D eigenvalue weighted by molar-refractivity contribution is 6.01. The molecule has 10 heteroatoms. The Bertz CT molecular complexity index is 1300. The third kappa shape index (κ3) is 4.04. The number of hydrogen-bond acceptors (Lipinski definition) is 6. The van der Waals surface area contributed by atoms with Gasteiger partial charge >= 0.3 is 0 Å². The van der Waals surface area contributed by atoms with Crippen LogP contribution in [0.5, 0.6) is 0 Å². The Hall–Kier alpha value is -3.95. The van der Waals surface area contributed by atoms with Crippen molar-refractivity contribution in [3.05, 3.63) is 70.3 Å². The van der Waals surface area contributed by atoms with E-state index in [0.29, 0.717) is 28.5 Å². The molecule has 1 atom stereocenters. The minimum absolute atomic E-state index is 0.178. The monoisotopic (exact) mass is 421 g/mol. The predicted molar refractivity (Wildman–Crippen MR) is 112 cm³/mol. The molecule has 1 aliphatic heterocycles. The van der Waals surface area contributed by atoms with Gasteiger partial charge in [0, 0.05) is 0 Å². The van der Waals surface area contributed by atoms with Gasteiger partial charge in [0.2, 0.25) is 5.91 Å². The molecule has 0 fully saturated rings. The standard InChI is InChI=1S/C15H15N7O2.C6H5F/c1-3-4-8-13-16-6-17-22(13)5-9(18-8)11-19-12-10(15(24)20-11)7(2)14(23)21-12;7-6-4-2-1-3-5-6/h5-7H,3-4H2,1-2H3,(H2,19,20,21,23,24);1-5H/t7-;/m1./s1. The van der Waals surface area contributed by atoms with E-state index >= 15 is 0 Å². The van der Waals surface area contributed by atoms with Crippen molar-refractivity contribution in [2.24, 2.45) is 0 Å². The van der Waals surface area contributed by atoms with Crippen LogP contribution >= 0.6 is 0 Å². The molecule has 0 radical (unpaired) electrons. The highest BCUT2D eigenvalue weighted by Crippen LogP contribution is 2.28. The highest BCUT2D eigenvalue weighted by atomic mass is 19.1. The molecule has 4 aromatic rings. The number of amides is 1. The number of fused-ring (bicyclic) bond motifs is 2. The number of nitrogens with one attached hydrogen (secondary N) is 2. The molecule has 0 aliphatic carbocycles. The van der Waals surface area contributed by atoms with E-state index in [1.54, 1.807) is 35.8 Å². The van der Waals surface area contributed by atoms with Crippen molar-refractivity contribution in [2.75, 3.05) is 5.32 Å². The van der Waals surface area contributed by atoms with Gasteiger partial charge in [-0.1, -0.05) is 31.5 Å². The van der Waals surface area contributed by atoms with E-state index in [1.165, 1.54) is 18.5 Å². The molecule has 0 spiro atoms. The van der Waals surface area contributed by atoms with E-state index in [2.05, 4.69) is 30.4 Å². The Morgan fingerprint density at radius 3 is 2.61 bits per heavy atom. The lowest BCUT2D eigenvalue weighted by atomic mass is 10.1. The van der Waals surface area contributed by atoms with Gasteiger partial charge in [0.05, 0.1) is 23.4 Å². The van der Waals surface area contributed by atoms with Crippen molar-refractivity contribution in [2.45, 2.75) is 32.6 Å². The van der Waals surface area contributed by atoms with Crippen LogP contribution in [-0.2, 0) is 11.2 Å². The second kappa shape index (κ2) is 8.42. The molecular formula is C21H20FN7O2. The van der Waals surface area contributed by atoms with Crippen LogP contribution in [0.25, 0.3) is 17.2 Å². The third-order valence-electron chi connectivity index (χ3n) is 4.82. The number of carbonyl (C=O) groups is 1. The van der Waals surface area contributed by atoms with E-state index in [9.17, 15) is 14.0 Å². The number of H-pyrrole nitrogens is 1. The molecule has 158 valence electrons. The zero-order valence-corrected chi connectivity index (χ0v) is 17.0. The Balaban J connectivity index is 0.000000282. The quantitative estimate of drug-likeness (QED) is 0.525. The first-order chi connectivity index (χ1) is 15.0. The van der Waals surface area contributed by atoms with Crippen molar-refractivity contribution in [3.63, 3.8) is 0 Å². The maximum absolute atomic E-state index is 12.3. The van der Waals surface area contributed by atoms with Gasteiger partial charge in [-0.05, 0) is 25.5 Å². The number of aromatic nitrogens is 6. The topological polar surface area (TPSA) is 118 Å². The summed E-state index contributed by atoms with van der Waals surface area (Å²) in [6.45, 7) is 3.73. The summed E-state index contributed by atoms with van der Waals surface area (Å²) in [5.41, 5.74) is 1.97. The highest BCUT2D eigenvalue weighted by Gasteiger charge is 2.31. The number of aromatic amines is 1. The van der Waals surface area contributed by atoms with Gasteiger partial charge in [-0.2, -0.15) is 5.10 Å². The lowest BCUT2D eigenvalue weighted by Crippen LogP contribution is -2.16. The Morgan fingerprint density at radius 1 is 1.16 bits per heavy atom. The summed E-state index contributed by atoms with van der Waals surface area (Å²) in [6, 6.07) is 7.94. The summed E-state index contributed by atoms with van der Waals surface area (Å²) >= 11 is 0. The molecule has 1 amide bonds. The van der Waals surface area contributed by atoms with E-state index in [0.717, 1.165) is 18.5 Å². The van der Waals surface area contributed by atoms with Crippen LogP contribution in [0.4, 0.5) is 10.2 Å². The van der Waals surface area contributed by atoms with Crippen molar-refractivity contribution >= 4 is 17.4 Å². The lowest BCUT2D eigenvalue weighted by Gasteiger charge is -2.07. The lowest BCUT2D eigenvalue weighted by molar-refractivity contribution is -0.116. The maximum atomic E-state index is 12.3. The van der Waals surface area contributed by atoms with Gasteiger partial charge in [-0.25, -0.2) is 23.9 Å². The van der Waals surface area contributed by atoms with Crippen LogP contribution in [0, 0.1) is 5.82 Å². The van der Waals surface area contributed by atoms with Gasteiger partial charge in [0.1, 0.15) is 23.7 Å². The summed E-state index contributed by atoms with van der Waals surface area (Å²) in [6.07, 6.45) is 4.76. The predicted octanol–water partition coefficient (Wildman–Crippen LogP) is 2.71. The number of aryl methyl sites for hydroxylation is 1. The molecule has 5 rings (SSSR count). The summed E-state index contributed by atoms with van der Waals surface area (Å²) in [7, 11) is 0. The van der Waals surface area contributed by atoms with E-state index in [1.807, 2.05) is 6.92 Å². The average Bonchev–Trinajstić information content (AvgIpc) is 3.34. The molecular weight excluding hydrogens is 401 g/mol. The van der Waals surface area contributed by atoms with Crippen molar-refractivity contribution in [1.29, 1.82) is 0 Å². The number of halogens is 1. The summed E-state index contributed by atoms with van der Waals surface area (Å²) in [5.74, 6) is -0.326. The summed E-state index contributed by atoms with van der Waals surface area (Å²) in [5, 5.41) is 6.78. The molecule has 0 unspecified atom stereocenters. The van der Waals surface area contributed by atoms with Crippen molar-refractivity contribution in [1.82, 2.24) is 29.5 Å². The molecule has 0 bridgehead atoms. The first kappa shape index (κ1) is 20.3. The van der Waals surface area contributed by atoms with Crippen LogP contribution in [0.2, 0.25) is 0 Å². The largest absolute Gasteiger partial charge is 0.310 e. The summed E-state index contributed by atoms with van der Waals surface area (Å²) in [4.78, 5) is 40.0. The first-order valence-electron chi connectivity index (χ1n) is 9.83. The Morgan fingerprint density at radius 2 is 1.94 bits per heavy atom. The Kier molecular flexibility index (Phi) is 5.52. The second-order valence-electron chi connectivity index (χ2n) is 7.03. The average molecular weight is 421 g/mol. The molecule has 31 heavy (non-hydrogen) atoms. The van der Waals surface area contributed by atoms with Gasteiger partial charge in [0.15, 0.2) is 11.5 Å². The zero-order valence-electron chi connectivity index (χ0n) is 17.0. The fourth-order valence-electron chi connectivity index (χ4n) is 3.28. The van der Waals surface area contributed by atoms with Gasteiger partial charge in [-0.15, -0.1) is 0 Å². The molecule has 0 saturated heterocycles. The summed E-state index contributed by atoms with van der Waals surface area (Å²) < 4.78 is 13.5. The molecule has 1 aromatic carbocycles. The molecule has 1 aliphatic rings. The number of anilines is 1. The molecule has 4 heterocycles. The first-order valence-corrected chi connectivity index (χ1v) is 9.83. The normalized spacial score (nSPS) is 14.7. The van der Waals surface area contributed by atoms with Crippen molar-refractivity contribution < 1.29 is 9.18 Å². The van der Waals surface area contributed by atoms with Gasteiger partial charge in [0.25, 0.3) is 5.56 Å². The van der Waals surface area contributed by atoms with Crippen molar-refractivity contribution in [3.8, 4) is 11.5 Å². The van der Waals surface area contributed by atoms with E-state index < -0.39 is 5.92 Å². The van der Waals surface area contributed by atoms with Crippen LogP contribution in [0.1, 0.15) is 37.4 Å². The number of rotatable bonds is 3. The van der Waals surface area contributed by atoms with Gasteiger partial charge in [-0.3, -0.25) is 9.59 Å². The van der Waals surface area contributed by atoms with E-state index in [-0.39, 0.29) is 17.3 Å². The fraction of sp³-hybridized carbons (Fsp3) is 0.238. The van der Waals surface area contributed by atoms with Crippen LogP contribution < -0.4 is 10.9 Å². The minimum Gasteiger partial charge on any atom is -0.310 e. The molecule has 9 nitrogen and oxygen atoms in total. The molecule has 0 saturated carbocycles. The van der Waals surface area contributed by atoms with Crippen LogP contribution in [-0.4, -0.2) is 35.5 Å². The minimum atomic E-state index is -0.508. The maximum Gasteiger partial charge on any atom is 0.257 e. The SMILES string of the molecule is CCCc1nc(-c2nc3c(c(=O)[nH]2)[C@@H](C)C(=O)N3)cn2ncnc12.Fc1ccccc1. The van der Waals surface area contributed by atoms with Crippen LogP contribution in [0.15, 0.2) is 47.7 Å². The second-order valence-corrected chi connectivity index (χ2v) is 7.03. The number of nitrogens with zero attached hydrogens (tertiary/aromatic N) is 5. The molecule has 3 aromatic heterocycles. The number of hydrogen-bond donors (Lipinski definition) is 2. The van der Waals surface area contributed by atoms with Crippen LogP contribution in [0.3, 0.4) is 0 Å². The van der Waals surface area contributed by atoms with Gasteiger partial charge < -0.3 is 10.3 Å². The zero-order chi connectivity index (χ0) is 22.0. The molecule has 2 N–H and O–H groups in total. The smallest absolute Gasteiger partial charge is 0.257 e. The number of carbonyl (C=O) groups excluding carboxylic acids is 1. The third-order valence-corrected chi connectivity index (χ3v) is 4.82. The Labute approximate surface area is 176 Å². The number of benzene rings is 1. The fourth-order valence-corrected chi connectivity index (χ4v) is 3.28.